The van der Waals surface area contributed by atoms with E-state index in [4.69, 9.17) is 9.90 Å². The first-order valence-corrected chi connectivity index (χ1v) is 10.1. The molecule has 2 saturated heterocycles. The van der Waals surface area contributed by atoms with Crippen LogP contribution in [0.5, 0.6) is 0 Å². The second kappa shape index (κ2) is 9.49. The van der Waals surface area contributed by atoms with Gasteiger partial charge in [-0.15, -0.1) is 0 Å². The van der Waals surface area contributed by atoms with Crippen LogP contribution in [0, 0.1) is 12.3 Å². The number of anilines is 1. The maximum Gasteiger partial charge on any atom is 0.490 e. The van der Waals surface area contributed by atoms with Crippen LogP contribution in [-0.2, 0) is 4.79 Å². The van der Waals surface area contributed by atoms with Crippen LogP contribution < -0.4 is 4.90 Å². The third kappa shape index (κ3) is 5.71. The number of carboxylic acids is 1. The summed E-state index contributed by atoms with van der Waals surface area (Å²) in [5, 5.41) is 7.12. The molecule has 2 aliphatic rings. The van der Waals surface area contributed by atoms with Crippen LogP contribution in [0.2, 0.25) is 0 Å². The van der Waals surface area contributed by atoms with Crippen molar-refractivity contribution in [2.45, 2.75) is 32.4 Å². The van der Waals surface area contributed by atoms with E-state index in [0.717, 1.165) is 50.5 Å². The fourth-order valence-electron chi connectivity index (χ4n) is 4.12. The Bertz CT molecular complexity index is 957. The molecular formula is C21H24F3N5O3. The minimum Gasteiger partial charge on any atom is -0.475 e. The first kappa shape index (κ1) is 23.4. The first-order valence-electron chi connectivity index (χ1n) is 10.1. The summed E-state index contributed by atoms with van der Waals surface area (Å²) in [6.07, 6.45) is 2.96. The van der Waals surface area contributed by atoms with Crippen molar-refractivity contribution in [1.82, 2.24) is 19.9 Å². The number of nitrogens with zero attached hydrogens (tertiary/aromatic N) is 5. The van der Waals surface area contributed by atoms with E-state index in [0.29, 0.717) is 5.69 Å². The average molecular weight is 451 g/mol. The molecule has 11 heteroatoms. The molecule has 2 fully saturated rings. The predicted octanol–water partition coefficient (Wildman–Crippen LogP) is 2.95. The summed E-state index contributed by atoms with van der Waals surface area (Å²) < 4.78 is 31.7. The Labute approximate surface area is 183 Å². The SMILES string of the molecule is Cc1cccc(N2CCC3(CCCN(C(=O)c4cnccn4)C3)C2)n1.O=C(O)C(F)(F)F. The Kier molecular flexibility index (Phi) is 6.95. The van der Waals surface area contributed by atoms with E-state index in [2.05, 4.69) is 32.0 Å². The van der Waals surface area contributed by atoms with Crippen molar-refractivity contribution < 1.29 is 27.9 Å². The van der Waals surface area contributed by atoms with Crippen LogP contribution in [0.25, 0.3) is 0 Å². The summed E-state index contributed by atoms with van der Waals surface area (Å²) in [7, 11) is 0. The molecule has 0 saturated carbocycles. The normalized spacial score (nSPS) is 20.6. The van der Waals surface area contributed by atoms with Crippen LogP contribution in [0.15, 0.2) is 36.8 Å². The van der Waals surface area contributed by atoms with E-state index in [1.807, 2.05) is 17.9 Å². The molecule has 4 rings (SSSR count). The van der Waals surface area contributed by atoms with Crippen molar-refractivity contribution in [2.24, 2.45) is 5.41 Å². The highest BCUT2D eigenvalue weighted by Crippen LogP contribution is 2.40. The fraction of sp³-hybridized carbons (Fsp3) is 0.476. The number of hydrogen-bond acceptors (Lipinski definition) is 6. The predicted molar refractivity (Wildman–Crippen MR) is 109 cm³/mol. The van der Waals surface area contributed by atoms with Crippen LogP contribution in [-0.4, -0.2) is 69.2 Å². The zero-order valence-electron chi connectivity index (χ0n) is 17.5. The van der Waals surface area contributed by atoms with Crippen LogP contribution in [0.4, 0.5) is 19.0 Å². The number of aliphatic carboxylic acids is 1. The number of carboxylic acid groups (broad SMARTS) is 1. The topological polar surface area (TPSA) is 99.5 Å². The van der Waals surface area contributed by atoms with Gasteiger partial charge in [-0.1, -0.05) is 6.07 Å². The van der Waals surface area contributed by atoms with Crippen LogP contribution in [0.1, 0.15) is 35.4 Å². The number of rotatable bonds is 2. The molecule has 2 aromatic heterocycles. The molecule has 1 atom stereocenters. The van der Waals surface area contributed by atoms with Gasteiger partial charge in [0.15, 0.2) is 0 Å². The van der Waals surface area contributed by atoms with Gasteiger partial charge in [0.05, 0.1) is 6.20 Å². The molecule has 8 nitrogen and oxygen atoms in total. The molecule has 0 aromatic carbocycles. The number of carbonyl (C=O) groups is 2. The second-order valence-electron chi connectivity index (χ2n) is 8.03. The van der Waals surface area contributed by atoms with Gasteiger partial charge >= 0.3 is 12.1 Å². The molecule has 0 bridgehead atoms. The summed E-state index contributed by atoms with van der Waals surface area (Å²) in [4.78, 5) is 38.8. The van der Waals surface area contributed by atoms with Crippen molar-refractivity contribution in [3.63, 3.8) is 0 Å². The van der Waals surface area contributed by atoms with Gasteiger partial charge in [-0.2, -0.15) is 13.2 Å². The van der Waals surface area contributed by atoms with Gasteiger partial charge in [0.2, 0.25) is 0 Å². The monoisotopic (exact) mass is 451 g/mol. The Morgan fingerprint density at radius 2 is 1.88 bits per heavy atom. The molecule has 4 heterocycles. The molecule has 1 unspecified atom stereocenters. The molecule has 0 aliphatic carbocycles. The number of pyridine rings is 1. The second-order valence-corrected chi connectivity index (χ2v) is 8.03. The summed E-state index contributed by atoms with van der Waals surface area (Å²) in [5.41, 5.74) is 1.65. The van der Waals surface area contributed by atoms with Gasteiger partial charge in [-0.25, -0.2) is 14.8 Å². The zero-order chi connectivity index (χ0) is 23.4. The number of likely N-dealkylation sites (tertiary alicyclic amines) is 1. The van der Waals surface area contributed by atoms with Gasteiger partial charge < -0.3 is 14.9 Å². The van der Waals surface area contributed by atoms with E-state index in [1.54, 1.807) is 18.6 Å². The van der Waals surface area contributed by atoms with Gasteiger partial charge in [-0.3, -0.25) is 9.78 Å². The number of halogens is 3. The summed E-state index contributed by atoms with van der Waals surface area (Å²) in [6, 6.07) is 6.17. The maximum absolute atomic E-state index is 12.7. The van der Waals surface area contributed by atoms with E-state index < -0.39 is 12.1 Å². The molecule has 1 amide bonds. The third-order valence-corrected chi connectivity index (χ3v) is 5.61. The molecule has 2 aromatic rings. The lowest BCUT2D eigenvalue weighted by molar-refractivity contribution is -0.192. The van der Waals surface area contributed by atoms with Gasteiger partial charge in [0.1, 0.15) is 11.5 Å². The minimum atomic E-state index is -5.08. The quantitative estimate of drug-likeness (QED) is 0.749. The lowest BCUT2D eigenvalue weighted by atomic mass is 9.79. The van der Waals surface area contributed by atoms with Crippen molar-refractivity contribution in [3.8, 4) is 0 Å². The van der Waals surface area contributed by atoms with Crippen LogP contribution >= 0.6 is 0 Å². The Balaban J connectivity index is 0.000000360. The molecule has 2 aliphatic heterocycles. The van der Waals surface area contributed by atoms with Crippen molar-refractivity contribution >= 4 is 17.7 Å². The zero-order valence-corrected chi connectivity index (χ0v) is 17.5. The first-order chi connectivity index (χ1) is 15.1. The highest BCUT2D eigenvalue weighted by Gasteiger charge is 2.43. The number of aromatic nitrogens is 3. The third-order valence-electron chi connectivity index (χ3n) is 5.61. The van der Waals surface area contributed by atoms with Crippen molar-refractivity contribution in [2.75, 3.05) is 31.1 Å². The van der Waals surface area contributed by atoms with Gasteiger partial charge in [0.25, 0.3) is 5.91 Å². The van der Waals surface area contributed by atoms with Gasteiger partial charge in [-0.05, 0) is 38.3 Å². The minimum absolute atomic E-state index is 0.000643. The van der Waals surface area contributed by atoms with Crippen LogP contribution in [0.3, 0.4) is 0 Å². The molecule has 1 spiro atoms. The highest BCUT2D eigenvalue weighted by atomic mass is 19.4. The number of aryl methyl sites for hydroxylation is 1. The molecule has 1 N–H and O–H groups in total. The summed E-state index contributed by atoms with van der Waals surface area (Å²) in [6.45, 7) is 5.60. The number of piperidine rings is 1. The van der Waals surface area contributed by atoms with E-state index in [-0.39, 0.29) is 11.3 Å². The Hall–Kier alpha value is -3.24. The summed E-state index contributed by atoms with van der Waals surface area (Å²) in [5.74, 6) is -1.71. The van der Waals surface area contributed by atoms with E-state index >= 15 is 0 Å². The Morgan fingerprint density at radius 1 is 1.12 bits per heavy atom. The van der Waals surface area contributed by atoms with E-state index in [1.165, 1.54) is 6.42 Å². The largest absolute Gasteiger partial charge is 0.490 e. The molecular weight excluding hydrogens is 427 g/mol. The van der Waals surface area contributed by atoms with E-state index in [9.17, 15) is 18.0 Å². The number of carbonyl (C=O) groups excluding carboxylic acids is 1. The maximum atomic E-state index is 12.7. The Morgan fingerprint density at radius 3 is 2.50 bits per heavy atom. The number of hydrogen-bond donors (Lipinski definition) is 1. The standard InChI is InChI=1S/C19H23N5O.C2HF3O2/c1-15-4-2-5-17(22-15)23-11-7-19(13-23)6-3-10-24(14-19)18(25)16-12-20-8-9-21-16;3-2(4,5)1(6)7/h2,4-5,8-9,12H,3,6-7,10-11,13-14H2,1H3;(H,6,7). The molecule has 172 valence electrons. The lowest BCUT2D eigenvalue weighted by Crippen LogP contribution is -2.47. The summed E-state index contributed by atoms with van der Waals surface area (Å²) >= 11 is 0. The highest BCUT2D eigenvalue weighted by molar-refractivity contribution is 5.92. The average Bonchev–Trinajstić information content (AvgIpc) is 3.16. The fourth-order valence-corrected chi connectivity index (χ4v) is 4.12. The molecule has 0 radical (unpaired) electrons. The van der Waals surface area contributed by atoms with Gasteiger partial charge in [0, 0.05) is 49.7 Å². The number of amides is 1. The van der Waals surface area contributed by atoms with Crippen molar-refractivity contribution in [3.05, 3.63) is 48.2 Å². The number of alkyl halides is 3. The van der Waals surface area contributed by atoms with Crippen molar-refractivity contribution in [1.29, 1.82) is 0 Å². The molecule has 32 heavy (non-hydrogen) atoms. The lowest BCUT2D eigenvalue weighted by Gasteiger charge is -2.40. The smallest absolute Gasteiger partial charge is 0.475 e.